The summed E-state index contributed by atoms with van der Waals surface area (Å²) in [5.74, 6) is -0.278. The molecule has 7 nitrogen and oxygen atoms in total. The van der Waals surface area contributed by atoms with Gasteiger partial charge >= 0.3 is 0 Å². The predicted octanol–water partition coefficient (Wildman–Crippen LogP) is 5.42. The van der Waals surface area contributed by atoms with Crippen LogP contribution in [-0.2, 0) is 22.4 Å². The van der Waals surface area contributed by atoms with Gasteiger partial charge in [-0.3, -0.25) is 14.4 Å². The number of fused-ring (bicyclic) bond motifs is 1. The topological polar surface area (TPSA) is 91.4 Å². The molecule has 1 aliphatic heterocycles. The van der Waals surface area contributed by atoms with E-state index in [1.807, 2.05) is 48.5 Å². The van der Waals surface area contributed by atoms with Crippen molar-refractivity contribution in [2.24, 2.45) is 0 Å². The molecule has 180 valence electrons. The molecular weight excluding hydrogens is 496 g/mol. The van der Waals surface area contributed by atoms with Crippen LogP contribution in [0.4, 0.5) is 16.5 Å². The predicted molar refractivity (Wildman–Crippen MR) is 143 cm³/mol. The normalized spacial score (nSPS) is 12.2. The van der Waals surface area contributed by atoms with E-state index >= 15 is 0 Å². The number of nitrogens with zero attached hydrogens (tertiary/aromatic N) is 2. The maximum Gasteiger partial charge on any atom is 0.256 e. The van der Waals surface area contributed by atoms with Gasteiger partial charge in [0.25, 0.3) is 5.91 Å². The second kappa shape index (κ2) is 10.3. The van der Waals surface area contributed by atoms with Crippen molar-refractivity contribution in [1.29, 1.82) is 0 Å². The monoisotopic (exact) mass is 516 g/mol. The van der Waals surface area contributed by atoms with Crippen molar-refractivity contribution in [2.45, 2.75) is 12.8 Å². The smallest absolute Gasteiger partial charge is 0.256 e. The lowest BCUT2D eigenvalue weighted by atomic mass is 9.99. The van der Waals surface area contributed by atoms with Gasteiger partial charge in [0.15, 0.2) is 5.13 Å². The highest BCUT2D eigenvalue weighted by Crippen LogP contribution is 2.32. The van der Waals surface area contributed by atoms with Gasteiger partial charge in [-0.25, -0.2) is 4.98 Å². The quantitative estimate of drug-likeness (QED) is 0.321. The number of benzene rings is 3. The van der Waals surface area contributed by atoms with Crippen LogP contribution in [0.5, 0.6) is 0 Å². The van der Waals surface area contributed by atoms with Gasteiger partial charge in [-0.1, -0.05) is 41.9 Å². The van der Waals surface area contributed by atoms with Crippen LogP contribution in [0.3, 0.4) is 0 Å². The molecule has 1 aromatic heterocycles. The van der Waals surface area contributed by atoms with Gasteiger partial charge < -0.3 is 15.5 Å². The van der Waals surface area contributed by atoms with E-state index in [2.05, 4.69) is 15.6 Å². The minimum Gasteiger partial charge on any atom is -0.322 e. The first-order valence-corrected chi connectivity index (χ1v) is 12.5. The van der Waals surface area contributed by atoms with Gasteiger partial charge in [0.2, 0.25) is 12.3 Å². The summed E-state index contributed by atoms with van der Waals surface area (Å²) in [6, 6.07) is 20.4. The standard InChI is InChI=1S/C27H21ClN4O3S/c28-19-7-5-17(6-8-19)22-3-1-2-4-23(22)26(35)30-20-9-10-24-18(13-20)11-12-32(24)25(34)14-21-15-36-27(31-21)29-16-33/h1-10,13,15-16H,11-12,14H2,(H,30,35)(H,29,31,33). The average Bonchev–Trinajstić information content (AvgIpc) is 3.51. The number of amides is 3. The van der Waals surface area contributed by atoms with Gasteiger partial charge in [0.05, 0.1) is 12.1 Å². The molecule has 0 fully saturated rings. The lowest BCUT2D eigenvalue weighted by Crippen LogP contribution is -2.30. The van der Waals surface area contributed by atoms with Crippen molar-refractivity contribution in [3.63, 3.8) is 0 Å². The zero-order valence-electron chi connectivity index (χ0n) is 19.0. The SMILES string of the molecule is O=CNc1nc(CC(=O)N2CCc3cc(NC(=O)c4ccccc4-c4ccc(Cl)cc4)ccc32)cs1. The van der Waals surface area contributed by atoms with Gasteiger partial charge in [0.1, 0.15) is 0 Å². The maximum absolute atomic E-state index is 13.2. The van der Waals surface area contributed by atoms with Crippen molar-refractivity contribution in [1.82, 2.24) is 4.98 Å². The number of nitrogens with one attached hydrogen (secondary N) is 2. The number of thiazole rings is 1. The summed E-state index contributed by atoms with van der Waals surface area (Å²) >= 11 is 7.30. The number of hydrogen-bond acceptors (Lipinski definition) is 5. The van der Waals surface area contributed by atoms with E-state index in [4.69, 9.17) is 11.6 Å². The van der Waals surface area contributed by atoms with E-state index in [1.165, 1.54) is 11.3 Å². The number of carbonyl (C=O) groups excluding carboxylic acids is 3. The molecule has 4 aromatic rings. The summed E-state index contributed by atoms with van der Waals surface area (Å²) in [4.78, 5) is 42.6. The second-order valence-electron chi connectivity index (χ2n) is 8.23. The zero-order chi connectivity index (χ0) is 25.1. The third-order valence-electron chi connectivity index (χ3n) is 5.93. The molecule has 5 rings (SSSR count). The van der Waals surface area contributed by atoms with Crippen molar-refractivity contribution < 1.29 is 14.4 Å². The number of hydrogen-bond donors (Lipinski definition) is 2. The van der Waals surface area contributed by atoms with Crippen LogP contribution in [0, 0.1) is 0 Å². The Hall–Kier alpha value is -4.01. The minimum atomic E-state index is -0.213. The maximum atomic E-state index is 13.2. The second-order valence-corrected chi connectivity index (χ2v) is 9.52. The van der Waals surface area contributed by atoms with E-state index in [0.717, 1.165) is 22.4 Å². The Labute approximate surface area is 216 Å². The lowest BCUT2D eigenvalue weighted by molar-refractivity contribution is -0.118. The van der Waals surface area contributed by atoms with Crippen LogP contribution in [0.15, 0.2) is 72.1 Å². The third-order valence-corrected chi connectivity index (χ3v) is 7.00. The summed E-state index contributed by atoms with van der Waals surface area (Å²) in [6.45, 7) is 0.564. The molecular formula is C27H21ClN4O3S. The fourth-order valence-electron chi connectivity index (χ4n) is 4.25. The van der Waals surface area contributed by atoms with Crippen molar-refractivity contribution in [3.8, 4) is 11.1 Å². The Morgan fingerprint density at radius 2 is 1.89 bits per heavy atom. The molecule has 0 saturated carbocycles. The van der Waals surface area contributed by atoms with Gasteiger partial charge in [-0.15, -0.1) is 11.3 Å². The summed E-state index contributed by atoms with van der Waals surface area (Å²) in [7, 11) is 0. The van der Waals surface area contributed by atoms with Crippen LogP contribution in [0.25, 0.3) is 11.1 Å². The lowest BCUT2D eigenvalue weighted by Gasteiger charge is -2.17. The van der Waals surface area contributed by atoms with Gasteiger partial charge in [-0.05, 0) is 59.5 Å². The Morgan fingerprint density at radius 1 is 1.08 bits per heavy atom. The summed E-state index contributed by atoms with van der Waals surface area (Å²) in [5.41, 5.74) is 5.40. The Morgan fingerprint density at radius 3 is 2.69 bits per heavy atom. The Bertz CT molecular complexity index is 1450. The number of halogens is 1. The molecule has 3 aromatic carbocycles. The van der Waals surface area contributed by atoms with Crippen LogP contribution in [-0.4, -0.2) is 29.8 Å². The van der Waals surface area contributed by atoms with Gasteiger partial charge in [0, 0.05) is 33.9 Å². The first-order valence-electron chi connectivity index (χ1n) is 11.3. The largest absolute Gasteiger partial charge is 0.322 e. The molecule has 0 spiro atoms. The fourth-order valence-corrected chi connectivity index (χ4v) is 5.05. The van der Waals surface area contributed by atoms with Crippen LogP contribution < -0.4 is 15.5 Å². The minimum absolute atomic E-state index is 0.0645. The first kappa shape index (κ1) is 23.7. The molecule has 0 unspecified atom stereocenters. The third kappa shape index (κ3) is 5.00. The summed E-state index contributed by atoms with van der Waals surface area (Å²) < 4.78 is 0. The summed E-state index contributed by atoms with van der Waals surface area (Å²) in [6.07, 6.45) is 1.41. The summed E-state index contributed by atoms with van der Waals surface area (Å²) in [5, 5.41) is 8.36. The number of carbonyl (C=O) groups is 3. The molecule has 0 aliphatic carbocycles. The highest BCUT2D eigenvalue weighted by Gasteiger charge is 2.26. The molecule has 0 bridgehead atoms. The Balaban J connectivity index is 1.30. The number of anilines is 3. The zero-order valence-corrected chi connectivity index (χ0v) is 20.6. The molecule has 3 amide bonds. The van der Waals surface area contributed by atoms with Crippen LogP contribution >= 0.6 is 22.9 Å². The fraction of sp³-hybridized carbons (Fsp3) is 0.111. The number of aromatic nitrogens is 1. The molecule has 9 heteroatoms. The van der Waals surface area contributed by atoms with E-state index in [0.29, 0.717) is 46.5 Å². The molecule has 1 aliphatic rings. The van der Waals surface area contributed by atoms with E-state index in [1.54, 1.807) is 28.5 Å². The van der Waals surface area contributed by atoms with E-state index in [9.17, 15) is 14.4 Å². The number of rotatable bonds is 7. The molecule has 0 saturated heterocycles. The molecule has 2 N–H and O–H groups in total. The van der Waals surface area contributed by atoms with E-state index < -0.39 is 0 Å². The molecule has 0 atom stereocenters. The van der Waals surface area contributed by atoms with Crippen LogP contribution in [0.1, 0.15) is 21.6 Å². The molecule has 0 radical (unpaired) electrons. The highest BCUT2D eigenvalue weighted by molar-refractivity contribution is 7.13. The Kier molecular flexibility index (Phi) is 6.79. The molecule has 2 heterocycles. The van der Waals surface area contributed by atoms with Gasteiger partial charge in [-0.2, -0.15) is 0 Å². The van der Waals surface area contributed by atoms with Crippen molar-refractivity contribution in [3.05, 3.63) is 94.0 Å². The first-order chi connectivity index (χ1) is 17.5. The van der Waals surface area contributed by atoms with E-state index in [-0.39, 0.29) is 18.2 Å². The van der Waals surface area contributed by atoms with Crippen molar-refractivity contribution >= 4 is 57.7 Å². The van der Waals surface area contributed by atoms with Crippen LogP contribution in [0.2, 0.25) is 5.02 Å². The molecule has 36 heavy (non-hydrogen) atoms. The highest BCUT2D eigenvalue weighted by atomic mass is 35.5. The van der Waals surface area contributed by atoms with Crippen molar-refractivity contribution in [2.75, 3.05) is 22.1 Å². The average molecular weight is 517 g/mol.